The molecule has 0 bridgehead atoms. The van der Waals surface area contributed by atoms with Gasteiger partial charge in [-0.15, -0.1) is 0 Å². The minimum atomic E-state index is -0.563. The second-order valence-corrected chi connectivity index (χ2v) is 5.25. The lowest BCUT2D eigenvalue weighted by Crippen LogP contribution is -2.45. The van der Waals surface area contributed by atoms with Crippen LogP contribution in [0.5, 0.6) is 0 Å². The molecule has 1 aliphatic heterocycles. The molecule has 1 fully saturated rings. The third kappa shape index (κ3) is 4.75. The maximum absolute atomic E-state index is 13.1. The van der Waals surface area contributed by atoms with Crippen molar-refractivity contribution in [2.45, 2.75) is 25.4 Å². The molecule has 1 amide bonds. The van der Waals surface area contributed by atoms with Gasteiger partial charge in [-0.2, -0.15) is 0 Å². The second-order valence-electron chi connectivity index (χ2n) is 5.25. The highest BCUT2D eigenvalue weighted by molar-refractivity contribution is 5.77. The summed E-state index contributed by atoms with van der Waals surface area (Å²) in [5.74, 6) is -1.12. The van der Waals surface area contributed by atoms with E-state index in [9.17, 15) is 13.6 Å². The van der Waals surface area contributed by atoms with Gasteiger partial charge >= 0.3 is 0 Å². The average molecular weight is 298 g/mol. The normalized spacial score (nSPS) is 16.2. The molecular weight excluding hydrogens is 278 g/mol. The number of amides is 1. The van der Waals surface area contributed by atoms with E-state index >= 15 is 0 Å². The number of methoxy groups -OCH3 is 1. The molecule has 0 saturated carbocycles. The molecule has 116 valence electrons. The molecule has 1 heterocycles. The number of nitrogens with one attached hydrogen (secondary N) is 1. The highest BCUT2D eigenvalue weighted by Gasteiger charge is 2.22. The number of likely N-dealkylation sites (tertiary alicyclic amines) is 1. The lowest BCUT2D eigenvalue weighted by molar-refractivity contribution is -0.136. The molecule has 4 nitrogen and oxygen atoms in total. The Balaban J connectivity index is 1.77. The van der Waals surface area contributed by atoms with E-state index in [2.05, 4.69) is 5.32 Å². The minimum Gasteiger partial charge on any atom is -0.375 e. The van der Waals surface area contributed by atoms with Crippen molar-refractivity contribution < 1.29 is 18.3 Å². The van der Waals surface area contributed by atoms with Crippen molar-refractivity contribution in [3.05, 3.63) is 35.4 Å². The van der Waals surface area contributed by atoms with Crippen LogP contribution in [0.3, 0.4) is 0 Å². The van der Waals surface area contributed by atoms with Crippen LogP contribution in [-0.2, 0) is 16.1 Å². The number of benzene rings is 1. The van der Waals surface area contributed by atoms with Gasteiger partial charge in [0.05, 0.1) is 0 Å². The quantitative estimate of drug-likeness (QED) is 0.899. The molecule has 0 radical (unpaired) electrons. The second kappa shape index (κ2) is 7.47. The topological polar surface area (TPSA) is 41.6 Å². The Morgan fingerprint density at radius 2 is 1.90 bits per heavy atom. The monoisotopic (exact) mass is 298 g/mol. The molecule has 2 rings (SSSR count). The van der Waals surface area contributed by atoms with E-state index in [0.717, 1.165) is 18.9 Å². The number of rotatable bonds is 5. The number of hydrogen-bond acceptors (Lipinski definition) is 3. The molecule has 1 saturated heterocycles. The summed E-state index contributed by atoms with van der Waals surface area (Å²) in [4.78, 5) is 13.4. The van der Waals surface area contributed by atoms with Crippen molar-refractivity contribution in [3.63, 3.8) is 0 Å². The Bertz CT molecular complexity index is 468. The Kier molecular flexibility index (Phi) is 5.64. The van der Waals surface area contributed by atoms with Gasteiger partial charge in [0.25, 0.3) is 0 Å². The van der Waals surface area contributed by atoms with E-state index in [0.29, 0.717) is 25.2 Å². The fourth-order valence-corrected chi connectivity index (χ4v) is 2.52. The predicted molar refractivity (Wildman–Crippen MR) is 74.7 cm³/mol. The third-order valence-corrected chi connectivity index (χ3v) is 3.63. The predicted octanol–water partition coefficient (Wildman–Crippen LogP) is 1.69. The lowest BCUT2D eigenvalue weighted by atomic mass is 10.0. The van der Waals surface area contributed by atoms with Gasteiger partial charge < -0.3 is 15.0 Å². The van der Waals surface area contributed by atoms with Crippen molar-refractivity contribution in [2.75, 3.05) is 26.8 Å². The first kappa shape index (κ1) is 15.9. The zero-order valence-electron chi connectivity index (χ0n) is 12.1. The number of ether oxygens (including phenoxy) is 1. The SMILES string of the molecule is COCC(=O)N1CCC(NCc2cc(F)cc(F)c2)CC1. The largest absolute Gasteiger partial charge is 0.375 e. The van der Waals surface area contributed by atoms with Crippen LogP contribution in [0, 0.1) is 11.6 Å². The van der Waals surface area contributed by atoms with Crippen molar-refractivity contribution in [1.29, 1.82) is 0 Å². The van der Waals surface area contributed by atoms with Gasteiger partial charge in [-0.1, -0.05) is 0 Å². The molecule has 0 aliphatic carbocycles. The molecule has 0 unspecified atom stereocenters. The van der Waals surface area contributed by atoms with Gasteiger partial charge in [0, 0.05) is 38.9 Å². The number of piperidine rings is 1. The maximum atomic E-state index is 13.1. The highest BCUT2D eigenvalue weighted by Crippen LogP contribution is 2.13. The molecular formula is C15H20F2N2O2. The molecule has 21 heavy (non-hydrogen) atoms. The van der Waals surface area contributed by atoms with Crippen molar-refractivity contribution >= 4 is 5.91 Å². The molecule has 1 aliphatic rings. The fraction of sp³-hybridized carbons (Fsp3) is 0.533. The van der Waals surface area contributed by atoms with E-state index in [-0.39, 0.29) is 18.6 Å². The zero-order valence-corrected chi connectivity index (χ0v) is 12.1. The Hall–Kier alpha value is -1.53. The van der Waals surface area contributed by atoms with Crippen LogP contribution in [0.1, 0.15) is 18.4 Å². The Morgan fingerprint density at radius 1 is 1.29 bits per heavy atom. The van der Waals surface area contributed by atoms with Crippen LogP contribution in [0.25, 0.3) is 0 Å². The number of nitrogens with zero attached hydrogens (tertiary/aromatic N) is 1. The smallest absolute Gasteiger partial charge is 0.248 e. The number of halogens is 2. The van der Waals surface area contributed by atoms with Crippen LogP contribution >= 0.6 is 0 Å². The number of hydrogen-bond donors (Lipinski definition) is 1. The van der Waals surface area contributed by atoms with E-state index in [1.807, 2.05) is 0 Å². The van der Waals surface area contributed by atoms with Gasteiger partial charge in [0.1, 0.15) is 18.2 Å². The van der Waals surface area contributed by atoms with E-state index in [4.69, 9.17) is 4.74 Å². The average Bonchev–Trinajstić information content (AvgIpc) is 2.45. The first-order chi connectivity index (χ1) is 10.1. The number of carbonyl (C=O) groups is 1. The van der Waals surface area contributed by atoms with Crippen molar-refractivity contribution in [2.24, 2.45) is 0 Å². The summed E-state index contributed by atoms with van der Waals surface area (Å²) in [6.07, 6.45) is 1.65. The molecule has 6 heteroatoms. The van der Waals surface area contributed by atoms with Crippen LogP contribution < -0.4 is 5.32 Å². The first-order valence-corrected chi connectivity index (χ1v) is 7.03. The summed E-state index contributed by atoms with van der Waals surface area (Å²) in [6.45, 7) is 1.89. The summed E-state index contributed by atoms with van der Waals surface area (Å²) in [5.41, 5.74) is 0.588. The Labute approximate surface area is 123 Å². The van der Waals surface area contributed by atoms with Gasteiger partial charge in [-0.25, -0.2) is 8.78 Å². The van der Waals surface area contributed by atoms with Crippen LogP contribution in [-0.4, -0.2) is 43.7 Å². The summed E-state index contributed by atoms with van der Waals surface area (Å²) < 4.78 is 31.0. The van der Waals surface area contributed by atoms with E-state index in [1.54, 1.807) is 4.90 Å². The summed E-state index contributed by atoms with van der Waals surface area (Å²) in [7, 11) is 1.50. The number of carbonyl (C=O) groups excluding carboxylic acids is 1. The van der Waals surface area contributed by atoms with Gasteiger partial charge in [-0.05, 0) is 30.5 Å². The van der Waals surface area contributed by atoms with Crippen LogP contribution in [0.15, 0.2) is 18.2 Å². The first-order valence-electron chi connectivity index (χ1n) is 7.03. The Morgan fingerprint density at radius 3 is 2.48 bits per heavy atom. The van der Waals surface area contributed by atoms with E-state index < -0.39 is 11.6 Å². The molecule has 1 aromatic rings. The van der Waals surface area contributed by atoms with Crippen molar-refractivity contribution in [1.82, 2.24) is 10.2 Å². The molecule has 1 aromatic carbocycles. The zero-order chi connectivity index (χ0) is 15.2. The molecule has 0 atom stereocenters. The van der Waals surface area contributed by atoms with Crippen LogP contribution in [0.2, 0.25) is 0 Å². The molecule has 0 spiro atoms. The lowest BCUT2D eigenvalue weighted by Gasteiger charge is -2.32. The van der Waals surface area contributed by atoms with Crippen molar-refractivity contribution in [3.8, 4) is 0 Å². The summed E-state index contributed by atoms with van der Waals surface area (Å²) >= 11 is 0. The highest BCUT2D eigenvalue weighted by atomic mass is 19.1. The molecule has 1 N–H and O–H groups in total. The van der Waals surface area contributed by atoms with Gasteiger partial charge in [0.15, 0.2) is 0 Å². The minimum absolute atomic E-state index is 0.00292. The maximum Gasteiger partial charge on any atom is 0.248 e. The van der Waals surface area contributed by atoms with Gasteiger partial charge in [0.2, 0.25) is 5.91 Å². The summed E-state index contributed by atoms with van der Waals surface area (Å²) in [5, 5.41) is 3.28. The van der Waals surface area contributed by atoms with E-state index in [1.165, 1.54) is 19.2 Å². The van der Waals surface area contributed by atoms with Crippen LogP contribution in [0.4, 0.5) is 8.78 Å². The third-order valence-electron chi connectivity index (χ3n) is 3.63. The van der Waals surface area contributed by atoms with Gasteiger partial charge in [-0.3, -0.25) is 4.79 Å². The standard InChI is InChI=1S/C15H20F2N2O2/c1-21-10-15(20)19-4-2-14(3-5-19)18-9-11-6-12(16)8-13(17)7-11/h6-8,14,18H,2-5,9-10H2,1H3. The summed E-state index contributed by atoms with van der Waals surface area (Å²) in [6, 6.07) is 3.77. The molecule has 0 aromatic heterocycles. The fourth-order valence-electron chi connectivity index (χ4n) is 2.52.